The molecular weight excluding hydrogens is 314 g/mol. The van der Waals surface area contributed by atoms with Crippen molar-refractivity contribution >= 4 is 16.9 Å². The summed E-state index contributed by atoms with van der Waals surface area (Å²) in [4.78, 5) is 17.2. The van der Waals surface area contributed by atoms with E-state index in [1.54, 1.807) is 0 Å². The fraction of sp³-hybridized carbons (Fsp3) is 0.300. The highest BCUT2D eigenvalue weighted by Crippen LogP contribution is 2.26. The van der Waals surface area contributed by atoms with Gasteiger partial charge in [0.2, 0.25) is 5.91 Å². The Bertz CT molecular complexity index is 916. The van der Waals surface area contributed by atoms with Crippen LogP contribution >= 0.6 is 0 Å². The van der Waals surface area contributed by atoms with Crippen molar-refractivity contribution in [3.63, 3.8) is 0 Å². The van der Waals surface area contributed by atoms with Gasteiger partial charge in [0.05, 0.1) is 23.5 Å². The molecule has 1 unspecified atom stereocenters. The Hall–Kier alpha value is -2.82. The molecule has 1 amide bonds. The zero-order valence-corrected chi connectivity index (χ0v) is 14.2. The Balaban J connectivity index is 1.46. The molecule has 0 bridgehead atoms. The Morgan fingerprint density at radius 3 is 2.92 bits per heavy atom. The third-order valence-corrected chi connectivity index (χ3v) is 4.72. The number of carbonyl (C=O) groups excluding carboxylic acids is 1. The van der Waals surface area contributed by atoms with E-state index in [9.17, 15) is 4.79 Å². The summed E-state index contributed by atoms with van der Waals surface area (Å²) in [5.74, 6) is 1.63. The topological polar surface area (TPSA) is 56.2 Å². The molecule has 2 heterocycles. The molecular formula is C20H21N3O2. The molecule has 0 fully saturated rings. The number of nitrogens with zero attached hydrogens (tertiary/aromatic N) is 2. The zero-order valence-electron chi connectivity index (χ0n) is 14.2. The number of amides is 1. The summed E-state index contributed by atoms with van der Waals surface area (Å²) >= 11 is 0. The summed E-state index contributed by atoms with van der Waals surface area (Å²) in [6.45, 7) is 3.77. The number of aromatic nitrogens is 2. The molecule has 5 heteroatoms. The second-order valence-electron chi connectivity index (χ2n) is 6.30. The summed E-state index contributed by atoms with van der Waals surface area (Å²) < 4.78 is 7.86. The normalized spacial score (nSPS) is 16.3. The van der Waals surface area contributed by atoms with Crippen LogP contribution in [0.4, 0.5) is 0 Å². The van der Waals surface area contributed by atoms with Gasteiger partial charge >= 0.3 is 0 Å². The van der Waals surface area contributed by atoms with Gasteiger partial charge in [-0.15, -0.1) is 0 Å². The minimum Gasteiger partial charge on any atom is -0.492 e. The van der Waals surface area contributed by atoms with E-state index in [1.807, 2.05) is 42.5 Å². The Morgan fingerprint density at radius 2 is 2.04 bits per heavy atom. The van der Waals surface area contributed by atoms with E-state index >= 15 is 0 Å². The number of fused-ring (bicyclic) bond motifs is 2. The van der Waals surface area contributed by atoms with Crippen LogP contribution in [0.15, 0.2) is 48.5 Å². The summed E-state index contributed by atoms with van der Waals surface area (Å²) in [5, 5.41) is 3.03. The van der Waals surface area contributed by atoms with Gasteiger partial charge in [-0.05, 0) is 37.1 Å². The van der Waals surface area contributed by atoms with Crippen LogP contribution in [0.25, 0.3) is 11.0 Å². The van der Waals surface area contributed by atoms with Crippen molar-refractivity contribution in [2.45, 2.75) is 26.4 Å². The predicted molar refractivity (Wildman–Crippen MR) is 96.4 cm³/mol. The third kappa shape index (κ3) is 2.97. The van der Waals surface area contributed by atoms with Crippen LogP contribution in [0, 0.1) is 5.92 Å². The van der Waals surface area contributed by atoms with Crippen LogP contribution in [0.1, 0.15) is 18.3 Å². The number of imidazole rings is 1. The van der Waals surface area contributed by atoms with Crippen LogP contribution in [-0.2, 0) is 24.3 Å². The van der Waals surface area contributed by atoms with Crippen molar-refractivity contribution < 1.29 is 9.53 Å². The van der Waals surface area contributed by atoms with Gasteiger partial charge in [0.15, 0.2) is 0 Å². The van der Waals surface area contributed by atoms with Crippen molar-refractivity contribution in [2.24, 2.45) is 5.92 Å². The van der Waals surface area contributed by atoms with Crippen LogP contribution in [-0.4, -0.2) is 22.1 Å². The monoisotopic (exact) mass is 335 g/mol. The number of carbonyl (C=O) groups is 1. The van der Waals surface area contributed by atoms with Gasteiger partial charge in [-0.25, -0.2) is 4.98 Å². The first-order chi connectivity index (χ1) is 12.3. The highest BCUT2D eigenvalue weighted by molar-refractivity contribution is 5.80. The number of hydrogen-bond acceptors (Lipinski definition) is 3. The summed E-state index contributed by atoms with van der Waals surface area (Å²) in [5.41, 5.74) is 3.15. The second-order valence-corrected chi connectivity index (χ2v) is 6.30. The van der Waals surface area contributed by atoms with Crippen molar-refractivity contribution in [2.75, 3.05) is 6.61 Å². The van der Waals surface area contributed by atoms with Gasteiger partial charge in [0.1, 0.15) is 18.2 Å². The fourth-order valence-electron chi connectivity index (χ4n) is 3.42. The van der Waals surface area contributed by atoms with E-state index in [0.29, 0.717) is 19.6 Å². The maximum Gasteiger partial charge on any atom is 0.227 e. The lowest BCUT2D eigenvalue weighted by molar-refractivity contribution is -0.126. The molecule has 1 N–H and O–H groups in total. The van der Waals surface area contributed by atoms with E-state index in [2.05, 4.69) is 27.9 Å². The molecule has 0 radical (unpaired) electrons. The van der Waals surface area contributed by atoms with E-state index in [4.69, 9.17) is 4.74 Å². The molecule has 1 atom stereocenters. The van der Waals surface area contributed by atoms with E-state index in [0.717, 1.165) is 34.7 Å². The van der Waals surface area contributed by atoms with E-state index in [1.165, 1.54) is 0 Å². The quantitative estimate of drug-likeness (QED) is 0.797. The molecule has 5 nitrogen and oxygen atoms in total. The smallest absolute Gasteiger partial charge is 0.227 e. The Kier molecular flexibility index (Phi) is 4.14. The number of rotatable bonds is 4. The number of nitrogens with one attached hydrogen (secondary N) is 1. The number of para-hydroxylation sites is 3. The highest BCUT2D eigenvalue weighted by atomic mass is 16.5. The van der Waals surface area contributed by atoms with Crippen molar-refractivity contribution in [3.8, 4) is 5.75 Å². The predicted octanol–water partition coefficient (Wildman–Crippen LogP) is 2.92. The van der Waals surface area contributed by atoms with Crippen molar-refractivity contribution in [1.82, 2.24) is 14.9 Å². The largest absolute Gasteiger partial charge is 0.492 e. The van der Waals surface area contributed by atoms with Crippen LogP contribution in [0.2, 0.25) is 0 Å². The summed E-state index contributed by atoms with van der Waals surface area (Å²) in [6.07, 6.45) is 0.714. The standard InChI is InChI=1S/C20H21N3O2/c1-2-23-17-9-5-4-8-16(17)22-19(23)12-21-20(24)15-11-14-7-3-6-10-18(14)25-13-15/h3-10,15H,2,11-13H2,1H3,(H,21,24). The minimum atomic E-state index is -0.158. The number of benzene rings is 2. The summed E-state index contributed by atoms with van der Waals surface area (Å²) in [6, 6.07) is 15.9. The van der Waals surface area contributed by atoms with E-state index in [-0.39, 0.29) is 11.8 Å². The SMILES string of the molecule is CCn1c(CNC(=O)C2COc3ccccc3C2)nc2ccccc21. The zero-order chi connectivity index (χ0) is 17.2. The number of hydrogen-bond donors (Lipinski definition) is 1. The molecule has 1 aliphatic heterocycles. The number of aryl methyl sites for hydroxylation is 1. The second kappa shape index (κ2) is 6.59. The first-order valence-electron chi connectivity index (χ1n) is 8.69. The maximum atomic E-state index is 12.6. The number of ether oxygens (including phenoxy) is 1. The molecule has 0 spiro atoms. The first kappa shape index (κ1) is 15.7. The van der Waals surface area contributed by atoms with Crippen molar-refractivity contribution in [3.05, 3.63) is 59.9 Å². The van der Waals surface area contributed by atoms with Gasteiger partial charge in [-0.1, -0.05) is 30.3 Å². The first-order valence-corrected chi connectivity index (χ1v) is 8.69. The van der Waals surface area contributed by atoms with Gasteiger partial charge in [0.25, 0.3) is 0 Å². The Morgan fingerprint density at radius 1 is 1.24 bits per heavy atom. The third-order valence-electron chi connectivity index (χ3n) is 4.72. The summed E-state index contributed by atoms with van der Waals surface area (Å²) in [7, 11) is 0. The molecule has 1 aromatic heterocycles. The van der Waals surface area contributed by atoms with Crippen LogP contribution in [0.5, 0.6) is 5.75 Å². The van der Waals surface area contributed by atoms with Crippen LogP contribution in [0.3, 0.4) is 0 Å². The van der Waals surface area contributed by atoms with Gasteiger partial charge in [-0.3, -0.25) is 4.79 Å². The molecule has 1 aliphatic rings. The lowest BCUT2D eigenvalue weighted by Crippen LogP contribution is -2.37. The molecule has 2 aromatic carbocycles. The average Bonchev–Trinajstić information content (AvgIpc) is 3.03. The highest BCUT2D eigenvalue weighted by Gasteiger charge is 2.25. The molecule has 0 aliphatic carbocycles. The fourth-order valence-corrected chi connectivity index (χ4v) is 3.42. The maximum absolute atomic E-state index is 12.6. The molecule has 128 valence electrons. The average molecular weight is 335 g/mol. The lowest BCUT2D eigenvalue weighted by atomic mass is 9.96. The van der Waals surface area contributed by atoms with Gasteiger partial charge in [-0.2, -0.15) is 0 Å². The van der Waals surface area contributed by atoms with E-state index < -0.39 is 0 Å². The molecule has 0 saturated heterocycles. The Labute approximate surface area is 146 Å². The van der Waals surface area contributed by atoms with Gasteiger partial charge in [0, 0.05) is 6.54 Å². The van der Waals surface area contributed by atoms with Crippen LogP contribution < -0.4 is 10.1 Å². The van der Waals surface area contributed by atoms with Gasteiger partial charge < -0.3 is 14.6 Å². The minimum absolute atomic E-state index is 0.0178. The molecule has 0 saturated carbocycles. The molecule has 25 heavy (non-hydrogen) atoms. The molecule has 4 rings (SSSR count). The van der Waals surface area contributed by atoms with Crippen molar-refractivity contribution in [1.29, 1.82) is 0 Å². The lowest BCUT2D eigenvalue weighted by Gasteiger charge is -2.24. The molecule has 3 aromatic rings.